The van der Waals surface area contributed by atoms with Gasteiger partial charge in [0.2, 0.25) is 0 Å². The number of benzene rings is 1. The predicted octanol–water partition coefficient (Wildman–Crippen LogP) is 3.30. The summed E-state index contributed by atoms with van der Waals surface area (Å²) in [6.07, 6.45) is 6.26. The lowest BCUT2D eigenvalue weighted by Crippen LogP contribution is -2.34. The van der Waals surface area contributed by atoms with Crippen LogP contribution in [0.5, 0.6) is 0 Å². The number of rotatable bonds is 7. The Morgan fingerprint density at radius 2 is 2.00 bits per heavy atom. The summed E-state index contributed by atoms with van der Waals surface area (Å²) in [5.74, 6) is -0.542. The molecule has 0 bridgehead atoms. The SMILES string of the molecule is C=C/C=C(\C=C)C(C)NC(=O)/C(C#N)=C/c1ccc([N+](=O)[O-])cc1. The van der Waals surface area contributed by atoms with E-state index in [-0.39, 0.29) is 17.3 Å². The van der Waals surface area contributed by atoms with Crippen molar-refractivity contribution in [3.8, 4) is 6.07 Å². The molecule has 0 aliphatic carbocycles. The van der Waals surface area contributed by atoms with Crippen LogP contribution in [0.3, 0.4) is 0 Å². The molecule has 0 fully saturated rings. The minimum atomic E-state index is -0.542. The lowest BCUT2D eigenvalue weighted by atomic mass is 10.1. The van der Waals surface area contributed by atoms with E-state index < -0.39 is 10.8 Å². The monoisotopic (exact) mass is 323 g/mol. The fourth-order valence-electron chi connectivity index (χ4n) is 1.89. The van der Waals surface area contributed by atoms with E-state index in [0.29, 0.717) is 5.56 Å². The molecule has 1 N–H and O–H groups in total. The van der Waals surface area contributed by atoms with Gasteiger partial charge in [0, 0.05) is 12.1 Å². The van der Waals surface area contributed by atoms with Gasteiger partial charge in [-0.2, -0.15) is 5.26 Å². The van der Waals surface area contributed by atoms with E-state index in [1.54, 1.807) is 25.2 Å². The summed E-state index contributed by atoms with van der Waals surface area (Å²) in [6, 6.07) is 7.05. The Morgan fingerprint density at radius 3 is 2.46 bits per heavy atom. The molecule has 0 aliphatic heterocycles. The number of hydrogen-bond donors (Lipinski definition) is 1. The fourth-order valence-corrected chi connectivity index (χ4v) is 1.89. The zero-order valence-corrected chi connectivity index (χ0v) is 13.2. The molecule has 0 radical (unpaired) electrons. The van der Waals surface area contributed by atoms with E-state index in [1.807, 2.05) is 6.07 Å². The molecule has 0 heterocycles. The van der Waals surface area contributed by atoms with Gasteiger partial charge < -0.3 is 5.32 Å². The average Bonchev–Trinajstić information content (AvgIpc) is 2.57. The van der Waals surface area contributed by atoms with Crippen molar-refractivity contribution in [3.63, 3.8) is 0 Å². The van der Waals surface area contributed by atoms with Gasteiger partial charge in [0.25, 0.3) is 11.6 Å². The fraction of sp³-hybridized carbons (Fsp3) is 0.111. The molecule has 6 heteroatoms. The van der Waals surface area contributed by atoms with Crippen LogP contribution < -0.4 is 5.32 Å². The van der Waals surface area contributed by atoms with E-state index in [1.165, 1.54) is 30.3 Å². The summed E-state index contributed by atoms with van der Waals surface area (Å²) in [5, 5.41) is 22.5. The van der Waals surface area contributed by atoms with Crippen LogP contribution in [0.1, 0.15) is 12.5 Å². The molecular weight excluding hydrogens is 306 g/mol. The summed E-state index contributed by atoms with van der Waals surface area (Å²) in [6.45, 7) is 9.01. The molecular formula is C18H17N3O3. The lowest BCUT2D eigenvalue weighted by molar-refractivity contribution is -0.384. The van der Waals surface area contributed by atoms with Crippen molar-refractivity contribution in [2.24, 2.45) is 0 Å². The van der Waals surface area contributed by atoms with Crippen molar-refractivity contribution in [3.05, 3.63) is 82.5 Å². The number of nitro benzene ring substituents is 1. The average molecular weight is 323 g/mol. The number of nitriles is 1. The van der Waals surface area contributed by atoms with Crippen molar-refractivity contribution in [1.29, 1.82) is 5.26 Å². The van der Waals surface area contributed by atoms with Gasteiger partial charge >= 0.3 is 0 Å². The first-order valence-corrected chi connectivity index (χ1v) is 7.05. The Bertz CT molecular complexity index is 753. The standard InChI is InChI=1S/C18H17N3O3/c1-4-6-15(5-2)13(3)20-18(22)16(12-19)11-14-7-9-17(10-8-14)21(23)24/h4-11,13H,1-2H2,3H3,(H,20,22)/b15-6+,16-11+. The van der Waals surface area contributed by atoms with Crippen LogP contribution in [0.15, 0.2) is 66.8 Å². The predicted molar refractivity (Wildman–Crippen MR) is 92.8 cm³/mol. The molecule has 1 aromatic rings. The topological polar surface area (TPSA) is 96.0 Å². The highest BCUT2D eigenvalue weighted by Gasteiger charge is 2.14. The maximum absolute atomic E-state index is 12.2. The number of carbonyl (C=O) groups is 1. The Balaban J connectivity index is 2.96. The molecule has 122 valence electrons. The summed E-state index contributed by atoms with van der Waals surface area (Å²) < 4.78 is 0. The normalized spacial score (nSPS) is 12.7. The maximum atomic E-state index is 12.2. The first kappa shape index (κ1) is 18.6. The first-order chi connectivity index (χ1) is 11.4. The Labute approximate surface area is 140 Å². The highest BCUT2D eigenvalue weighted by molar-refractivity contribution is 6.02. The number of nitrogens with zero attached hydrogens (tertiary/aromatic N) is 2. The van der Waals surface area contributed by atoms with Crippen LogP contribution in [-0.2, 0) is 4.79 Å². The van der Waals surface area contributed by atoms with Crippen LogP contribution in [-0.4, -0.2) is 16.9 Å². The molecule has 0 saturated heterocycles. The second kappa shape index (κ2) is 8.86. The second-order valence-corrected chi connectivity index (χ2v) is 4.82. The second-order valence-electron chi connectivity index (χ2n) is 4.82. The first-order valence-electron chi connectivity index (χ1n) is 7.05. The van der Waals surface area contributed by atoms with Gasteiger partial charge in [0.1, 0.15) is 11.6 Å². The molecule has 1 rings (SSSR count). The summed E-state index contributed by atoms with van der Waals surface area (Å²) in [5.41, 5.74) is 1.11. The Hall–Kier alpha value is -3.46. The summed E-state index contributed by atoms with van der Waals surface area (Å²) in [4.78, 5) is 22.3. The van der Waals surface area contributed by atoms with Gasteiger partial charge in [-0.15, -0.1) is 0 Å². The largest absolute Gasteiger partial charge is 0.345 e. The van der Waals surface area contributed by atoms with Gasteiger partial charge in [0.05, 0.1) is 11.0 Å². The van der Waals surface area contributed by atoms with Crippen molar-refractivity contribution in [1.82, 2.24) is 5.32 Å². The maximum Gasteiger partial charge on any atom is 0.269 e. The quantitative estimate of drug-likeness (QED) is 0.274. The van der Waals surface area contributed by atoms with Gasteiger partial charge in [-0.05, 0) is 36.3 Å². The molecule has 6 nitrogen and oxygen atoms in total. The number of non-ortho nitro benzene ring substituents is 1. The van der Waals surface area contributed by atoms with Gasteiger partial charge in [-0.25, -0.2) is 0 Å². The van der Waals surface area contributed by atoms with Gasteiger partial charge in [0.15, 0.2) is 0 Å². The molecule has 0 aliphatic rings. The van der Waals surface area contributed by atoms with Crippen molar-refractivity contribution >= 4 is 17.7 Å². The van der Waals surface area contributed by atoms with E-state index in [0.717, 1.165) is 5.57 Å². The molecule has 1 atom stereocenters. The van der Waals surface area contributed by atoms with Crippen LogP contribution >= 0.6 is 0 Å². The van der Waals surface area contributed by atoms with Crippen molar-refractivity contribution in [2.45, 2.75) is 13.0 Å². The van der Waals surface area contributed by atoms with E-state index in [2.05, 4.69) is 18.5 Å². The number of carbonyl (C=O) groups excluding carboxylic acids is 1. The third-order valence-corrected chi connectivity index (χ3v) is 3.17. The number of allylic oxidation sites excluding steroid dienone is 2. The minimum absolute atomic E-state index is 0.0612. The van der Waals surface area contributed by atoms with Crippen LogP contribution in [0, 0.1) is 21.4 Å². The summed E-state index contributed by atoms with van der Waals surface area (Å²) in [7, 11) is 0. The van der Waals surface area contributed by atoms with Crippen molar-refractivity contribution in [2.75, 3.05) is 0 Å². The Morgan fingerprint density at radius 1 is 1.38 bits per heavy atom. The number of nitro groups is 1. The van der Waals surface area contributed by atoms with Gasteiger partial charge in [-0.1, -0.05) is 31.4 Å². The third kappa shape index (κ3) is 5.07. The molecule has 0 aromatic heterocycles. The van der Waals surface area contributed by atoms with E-state index in [4.69, 9.17) is 0 Å². The lowest BCUT2D eigenvalue weighted by Gasteiger charge is -2.14. The zero-order chi connectivity index (χ0) is 18.1. The van der Waals surface area contributed by atoms with E-state index >= 15 is 0 Å². The zero-order valence-electron chi connectivity index (χ0n) is 13.2. The third-order valence-electron chi connectivity index (χ3n) is 3.17. The van der Waals surface area contributed by atoms with Gasteiger partial charge in [-0.3, -0.25) is 14.9 Å². The van der Waals surface area contributed by atoms with Crippen molar-refractivity contribution < 1.29 is 9.72 Å². The van der Waals surface area contributed by atoms with E-state index in [9.17, 15) is 20.2 Å². The summed E-state index contributed by atoms with van der Waals surface area (Å²) >= 11 is 0. The smallest absolute Gasteiger partial charge is 0.269 e. The number of nitrogens with one attached hydrogen (secondary N) is 1. The Kier molecular flexibility index (Phi) is 6.86. The molecule has 1 unspecified atom stereocenters. The highest BCUT2D eigenvalue weighted by Crippen LogP contribution is 2.14. The highest BCUT2D eigenvalue weighted by atomic mass is 16.6. The van der Waals surface area contributed by atoms with Crippen LogP contribution in [0.25, 0.3) is 6.08 Å². The number of amides is 1. The molecule has 1 aromatic carbocycles. The number of hydrogen-bond acceptors (Lipinski definition) is 4. The molecule has 24 heavy (non-hydrogen) atoms. The van der Waals surface area contributed by atoms with Crippen LogP contribution in [0.2, 0.25) is 0 Å². The minimum Gasteiger partial charge on any atom is -0.345 e. The van der Waals surface area contributed by atoms with Crippen LogP contribution in [0.4, 0.5) is 5.69 Å². The molecule has 0 spiro atoms. The molecule has 1 amide bonds. The molecule has 0 saturated carbocycles.